The van der Waals surface area contributed by atoms with Crippen molar-refractivity contribution < 1.29 is 9.18 Å². The Morgan fingerprint density at radius 2 is 2.03 bits per heavy atom. The predicted molar refractivity (Wildman–Crippen MR) is 133 cm³/mol. The first-order valence-corrected chi connectivity index (χ1v) is 11.7. The number of nitrogens with zero attached hydrogens (tertiary/aromatic N) is 3. The summed E-state index contributed by atoms with van der Waals surface area (Å²) in [5.74, 6) is -0.660. The van der Waals surface area contributed by atoms with Gasteiger partial charge in [-0.05, 0) is 44.4 Å². The van der Waals surface area contributed by atoms with Gasteiger partial charge in [0.2, 0.25) is 0 Å². The highest BCUT2D eigenvalue weighted by atomic mass is 19.1. The summed E-state index contributed by atoms with van der Waals surface area (Å²) in [6.07, 6.45) is 7.52. The van der Waals surface area contributed by atoms with Crippen LogP contribution in [0.25, 0.3) is 22.0 Å². The quantitative estimate of drug-likeness (QED) is 0.401. The van der Waals surface area contributed by atoms with Crippen molar-refractivity contribution in [2.75, 3.05) is 5.73 Å². The SMILES string of the molecule is Cc1ccc(C)c(C(=O)NCc2ncc(-c3cn(C4CCCC4)c4c(=O)[nH]nc(N)c34)cc2F)c1. The number of fused-ring (bicyclic) bond motifs is 1. The van der Waals surface area contributed by atoms with Crippen LogP contribution in [0.4, 0.5) is 10.2 Å². The fraction of sp³-hybridized carbons (Fsp3) is 0.308. The number of hydrogen-bond donors (Lipinski definition) is 3. The predicted octanol–water partition coefficient (Wildman–Crippen LogP) is 4.17. The van der Waals surface area contributed by atoms with Gasteiger partial charge in [-0.2, -0.15) is 5.10 Å². The summed E-state index contributed by atoms with van der Waals surface area (Å²) in [6, 6.07) is 7.17. The molecular weight excluding hydrogens is 447 g/mol. The summed E-state index contributed by atoms with van der Waals surface area (Å²) in [4.78, 5) is 29.6. The van der Waals surface area contributed by atoms with Gasteiger partial charge in [0.25, 0.3) is 11.5 Å². The summed E-state index contributed by atoms with van der Waals surface area (Å²) in [5.41, 5.74) is 9.86. The third kappa shape index (κ3) is 4.18. The van der Waals surface area contributed by atoms with Gasteiger partial charge < -0.3 is 15.6 Å². The van der Waals surface area contributed by atoms with Crippen molar-refractivity contribution in [2.24, 2.45) is 0 Å². The van der Waals surface area contributed by atoms with Crippen molar-refractivity contribution in [3.63, 3.8) is 0 Å². The molecule has 1 aliphatic carbocycles. The first-order valence-electron chi connectivity index (χ1n) is 11.7. The zero-order valence-electron chi connectivity index (χ0n) is 19.7. The second-order valence-electron chi connectivity index (χ2n) is 9.20. The molecule has 1 fully saturated rings. The van der Waals surface area contributed by atoms with Crippen LogP contribution in [0.5, 0.6) is 0 Å². The first kappa shape index (κ1) is 22.8. The van der Waals surface area contributed by atoms with Gasteiger partial charge in [0.05, 0.1) is 17.6 Å². The molecule has 1 saturated carbocycles. The highest BCUT2D eigenvalue weighted by Gasteiger charge is 2.24. The zero-order chi connectivity index (χ0) is 24.7. The van der Waals surface area contributed by atoms with E-state index in [0.29, 0.717) is 27.6 Å². The third-order valence-corrected chi connectivity index (χ3v) is 6.78. The van der Waals surface area contributed by atoms with Crippen molar-refractivity contribution in [3.05, 3.63) is 75.2 Å². The number of carbonyl (C=O) groups excluding carboxylic acids is 1. The molecule has 1 aliphatic rings. The van der Waals surface area contributed by atoms with E-state index in [0.717, 1.165) is 36.8 Å². The van der Waals surface area contributed by atoms with Crippen molar-refractivity contribution in [3.8, 4) is 11.1 Å². The van der Waals surface area contributed by atoms with Crippen LogP contribution < -0.4 is 16.6 Å². The average molecular weight is 475 g/mol. The smallest absolute Gasteiger partial charge is 0.288 e. The summed E-state index contributed by atoms with van der Waals surface area (Å²) in [5, 5.41) is 9.64. The molecule has 8 nitrogen and oxygen atoms in total. The molecule has 0 aliphatic heterocycles. The van der Waals surface area contributed by atoms with Gasteiger partial charge in [0.15, 0.2) is 5.82 Å². The van der Waals surface area contributed by atoms with E-state index >= 15 is 4.39 Å². The number of pyridine rings is 1. The number of nitrogens with two attached hydrogens (primary N) is 1. The molecule has 0 atom stereocenters. The van der Waals surface area contributed by atoms with Gasteiger partial charge in [0.1, 0.15) is 11.3 Å². The van der Waals surface area contributed by atoms with E-state index in [4.69, 9.17) is 5.73 Å². The standard InChI is InChI=1S/C26H27FN6O2/c1-14-7-8-15(2)18(9-14)25(34)30-12-21-20(27)10-16(11-29-21)19-13-33(17-5-3-4-6-17)23-22(19)24(28)31-32-26(23)35/h7-11,13,17H,3-6,12H2,1-2H3,(H2,28,31)(H,30,34)(H,32,35). The maximum Gasteiger partial charge on any atom is 0.288 e. The Hall–Kier alpha value is -4.01. The van der Waals surface area contributed by atoms with Crippen molar-refractivity contribution in [2.45, 2.75) is 52.1 Å². The van der Waals surface area contributed by atoms with Crippen molar-refractivity contribution in [1.82, 2.24) is 25.1 Å². The Kier molecular flexibility index (Phi) is 5.84. The molecule has 0 radical (unpaired) electrons. The van der Waals surface area contributed by atoms with E-state index in [-0.39, 0.29) is 35.6 Å². The summed E-state index contributed by atoms with van der Waals surface area (Å²) in [6.45, 7) is 3.72. The van der Waals surface area contributed by atoms with Crippen molar-refractivity contribution >= 4 is 22.6 Å². The van der Waals surface area contributed by atoms with Crippen molar-refractivity contribution in [1.29, 1.82) is 0 Å². The lowest BCUT2D eigenvalue weighted by atomic mass is 10.0. The number of hydrogen-bond acceptors (Lipinski definition) is 5. The van der Waals surface area contributed by atoms with E-state index in [1.165, 1.54) is 12.3 Å². The third-order valence-electron chi connectivity index (χ3n) is 6.78. The Bertz CT molecular complexity index is 1500. The number of nitrogens with one attached hydrogen (secondary N) is 2. The van der Waals surface area contributed by atoms with E-state index in [1.807, 2.05) is 36.7 Å². The number of aryl methyl sites for hydroxylation is 2. The lowest BCUT2D eigenvalue weighted by Crippen LogP contribution is -2.24. The molecule has 9 heteroatoms. The first-order chi connectivity index (χ1) is 16.8. The molecule has 1 amide bonds. The number of halogens is 1. The lowest BCUT2D eigenvalue weighted by molar-refractivity contribution is 0.0949. The second-order valence-corrected chi connectivity index (χ2v) is 9.20. The number of nitrogen functional groups attached to an aromatic ring is 1. The molecule has 3 aromatic heterocycles. The number of H-pyrrole nitrogens is 1. The number of amides is 1. The fourth-order valence-corrected chi connectivity index (χ4v) is 4.91. The van der Waals surface area contributed by atoms with Crippen LogP contribution in [-0.2, 0) is 6.54 Å². The Balaban J connectivity index is 1.46. The number of aromatic amines is 1. The molecule has 35 heavy (non-hydrogen) atoms. The molecule has 180 valence electrons. The number of benzene rings is 1. The molecule has 4 aromatic rings. The summed E-state index contributed by atoms with van der Waals surface area (Å²) >= 11 is 0. The van der Waals surface area contributed by atoms with Crippen LogP contribution in [0.3, 0.4) is 0 Å². The molecule has 0 bridgehead atoms. The summed E-state index contributed by atoms with van der Waals surface area (Å²) in [7, 11) is 0. The number of anilines is 1. The van der Waals surface area contributed by atoms with Crippen LogP contribution in [0.1, 0.15) is 58.9 Å². The van der Waals surface area contributed by atoms with Gasteiger partial charge in [0, 0.05) is 35.1 Å². The lowest BCUT2D eigenvalue weighted by Gasteiger charge is -2.12. The van der Waals surface area contributed by atoms with Gasteiger partial charge in [-0.3, -0.25) is 14.6 Å². The van der Waals surface area contributed by atoms with E-state index in [9.17, 15) is 9.59 Å². The van der Waals surface area contributed by atoms with Crippen LogP contribution >= 0.6 is 0 Å². The topological polar surface area (TPSA) is 119 Å². The summed E-state index contributed by atoms with van der Waals surface area (Å²) < 4.78 is 17.0. The highest BCUT2D eigenvalue weighted by molar-refractivity contribution is 6.02. The molecule has 1 aromatic carbocycles. The minimum atomic E-state index is -0.554. The minimum absolute atomic E-state index is 0.0501. The number of carbonyl (C=O) groups is 1. The van der Waals surface area contributed by atoms with Crippen LogP contribution in [0, 0.1) is 19.7 Å². The van der Waals surface area contributed by atoms with Gasteiger partial charge >= 0.3 is 0 Å². The molecule has 0 spiro atoms. The Morgan fingerprint density at radius 1 is 1.26 bits per heavy atom. The molecule has 0 unspecified atom stereocenters. The number of aromatic nitrogens is 4. The maximum absolute atomic E-state index is 15.1. The Labute approximate surface area is 201 Å². The molecule has 0 saturated heterocycles. The molecule has 3 heterocycles. The van der Waals surface area contributed by atoms with E-state index < -0.39 is 5.82 Å². The Morgan fingerprint density at radius 3 is 2.77 bits per heavy atom. The second kappa shape index (κ2) is 8.98. The largest absolute Gasteiger partial charge is 0.382 e. The van der Waals surface area contributed by atoms with E-state index in [1.54, 1.807) is 6.07 Å². The normalized spacial score (nSPS) is 14.0. The molecular formula is C26H27FN6O2. The van der Waals surface area contributed by atoms with Crippen LogP contribution in [0.2, 0.25) is 0 Å². The van der Waals surface area contributed by atoms with Gasteiger partial charge in [-0.1, -0.05) is 30.5 Å². The van der Waals surface area contributed by atoms with Crippen LogP contribution in [-0.4, -0.2) is 25.7 Å². The number of rotatable bonds is 5. The zero-order valence-corrected chi connectivity index (χ0v) is 19.7. The molecule has 5 rings (SSSR count). The van der Waals surface area contributed by atoms with E-state index in [2.05, 4.69) is 20.5 Å². The average Bonchev–Trinajstić information content (AvgIpc) is 3.51. The highest BCUT2D eigenvalue weighted by Crippen LogP contribution is 2.38. The van der Waals surface area contributed by atoms with Crippen LogP contribution in [0.15, 0.2) is 41.5 Å². The maximum atomic E-state index is 15.1. The fourth-order valence-electron chi connectivity index (χ4n) is 4.91. The van der Waals surface area contributed by atoms with Gasteiger partial charge in [-0.15, -0.1) is 0 Å². The monoisotopic (exact) mass is 474 g/mol. The van der Waals surface area contributed by atoms with Gasteiger partial charge in [-0.25, -0.2) is 9.49 Å². The minimum Gasteiger partial charge on any atom is -0.382 e. The molecule has 4 N–H and O–H groups in total.